The minimum atomic E-state index is -1.20. The van der Waals surface area contributed by atoms with Crippen molar-refractivity contribution in [3.05, 3.63) is 18.3 Å². The standard InChI is InChI=1S/C11H15N3O4/c1-5-14-8(7(6-12-14)9(15)16)13-10(17)18-11(2,3)4/h5-6H,1H2,2-4H3,(H,13,17)(H,15,16). The summed E-state index contributed by atoms with van der Waals surface area (Å²) < 4.78 is 6.17. The predicted octanol–water partition coefficient (Wildman–Crippen LogP) is 2.03. The number of hydrogen-bond donors (Lipinski definition) is 2. The third-order valence-electron chi connectivity index (χ3n) is 1.82. The van der Waals surface area contributed by atoms with Gasteiger partial charge < -0.3 is 9.84 Å². The maximum absolute atomic E-state index is 11.6. The van der Waals surface area contributed by atoms with Crippen molar-refractivity contribution in [2.45, 2.75) is 26.4 Å². The van der Waals surface area contributed by atoms with Gasteiger partial charge >= 0.3 is 12.1 Å². The molecule has 0 radical (unpaired) electrons. The normalized spacial score (nSPS) is 10.8. The Kier molecular flexibility index (Phi) is 3.75. The fraction of sp³-hybridized carbons (Fsp3) is 0.364. The van der Waals surface area contributed by atoms with Crippen LogP contribution in [-0.2, 0) is 4.74 Å². The van der Waals surface area contributed by atoms with E-state index in [0.717, 1.165) is 10.9 Å². The molecule has 98 valence electrons. The maximum Gasteiger partial charge on any atom is 0.413 e. The number of ether oxygens (including phenoxy) is 1. The van der Waals surface area contributed by atoms with Crippen molar-refractivity contribution in [2.75, 3.05) is 5.32 Å². The maximum atomic E-state index is 11.6. The highest BCUT2D eigenvalue weighted by Gasteiger charge is 2.21. The molecule has 0 saturated heterocycles. The first-order valence-electron chi connectivity index (χ1n) is 5.18. The van der Waals surface area contributed by atoms with Crippen LogP contribution in [0.25, 0.3) is 6.20 Å². The summed E-state index contributed by atoms with van der Waals surface area (Å²) in [5.41, 5.74) is -0.812. The van der Waals surface area contributed by atoms with Crippen LogP contribution in [-0.4, -0.2) is 32.6 Å². The van der Waals surface area contributed by atoms with Crippen LogP contribution in [0.5, 0.6) is 0 Å². The molecule has 0 saturated carbocycles. The molecule has 1 amide bonds. The number of amides is 1. The summed E-state index contributed by atoms with van der Waals surface area (Å²) in [4.78, 5) is 22.5. The van der Waals surface area contributed by atoms with E-state index in [2.05, 4.69) is 17.0 Å². The van der Waals surface area contributed by atoms with E-state index in [9.17, 15) is 9.59 Å². The number of hydrogen-bond acceptors (Lipinski definition) is 4. The van der Waals surface area contributed by atoms with Gasteiger partial charge in [0, 0.05) is 6.20 Å². The van der Waals surface area contributed by atoms with Gasteiger partial charge in [-0.3, -0.25) is 5.32 Å². The van der Waals surface area contributed by atoms with Gasteiger partial charge in [-0.15, -0.1) is 0 Å². The Bertz CT molecular complexity index is 485. The number of aromatic nitrogens is 2. The lowest BCUT2D eigenvalue weighted by Gasteiger charge is -2.19. The van der Waals surface area contributed by atoms with Crippen LogP contribution in [0.4, 0.5) is 10.6 Å². The summed E-state index contributed by atoms with van der Waals surface area (Å²) in [6, 6.07) is 0. The van der Waals surface area contributed by atoms with Crippen LogP contribution in [0.1, 0.15) is 31.1 Å². The van der Waals surface area contributed by atoms with Crippen LogP contribution in [0.15, 0.2) is 12.8 Å². The average Bonchev–Trinajstić information content (AvgIpc) is 2.57. The summed E-state index contributed by atoms with van der Waals surface area (Å²) in [6.07, 6.45) is 1.64. The van der Waals surface area contributed by atoms with E-state index in [4.69, 9.17) is 9.84 Å². The second-order valence-corrected chi connectivity index (χ2v) is 4.47. The molecule has 1 aromatic heterocycles. The number of aromatic carboxylic acids is 1. The van der Waals surface area contributed by atoms with Gasteiger partial charge in [0.25, 0.3) is 0 Å². The van der Waals surface area contributed by atoms with Crippen molar-refractivity contribution in [2.24, 2.45) is 0 Å². The van der Waals surface area contributed by atoms with Crippen LogP contribution in [0, 0.1) is 0 Å². The van der Waals surface area contributed by atoms with Crippen LogP contribution < -0.4 is 5.32 Å². The van der Waals surface area contributed by atoms with Crippen molar-refractivity contribution < 1.29 is 19.4 Å². The molecule has 1 aromatic rings. The summed E-state index contributed by atoms with van der Waals surface area (Å²) >= 11 is 0. The Labute approximate surface area is 104 Å². The second kappa shape index (κ2) is 4.91. The minimum Gasteiger partial charge on any atom is -0.477 e. The molecule has 0 atom stereocenters. The Hall–Kier alpha value is -2.31. The van der Waals surface area contributed by atoms with Gasteiger partial charge in [0.05, 0.1) is 6.20 Å². The molecule has 7 heteroatoms. The molecular weight excluding hydrogens is 238 g/mol. The number of carbonyl (C=O) groups excluding carboxylic acids is 1. The van der Waals surface area contributed by atoms with Gasteiger partial charge in [0.1, 0.15) is 11.2 Å². The van der Waals surface area contributed by atoms with Crippen molar-refractivity contribution in [1.29, 1.82) is 0 Å². The first kappa shape index (κ1) is 13.8. The Morgan fingerprint density at radius 1 is 1.56 bits per heavy atom. The number of nitrogens with one attached hydrogen (secondary N) is 1. The molecule has 0 fully saturated rings. The smallest absolute Gasteiger partial charge is 0.413 e. The van der Waals surface area contributed by atoms with E-state index in [0.29, 0.717) is 0 Å². The number of carbonyl (C=O) groups is 2. The third-order valence-corrected chi connectivity index (χ3v) is 1.82. The zero-order valence-electron chi connectivity index (χ0n) is 10.4. The zero-order valence-corrected chi connectivity index (χ0v) is 10.4. The lowest BCUT2D eigenvalue weighted by molar-refractivity contribution is 0.0635. The van der Waals surface area contributed by atoms with E-state index in [-0.39, 0.29) is 11.4 Å². The number of rotatable bonds is 3. The Morgan fingerprint density at radius 3 is 2.61 bits per heavy atom. The minimum absolute atomic E-state index is 0.00625. The summed E-state index contributed by atoms with van der Waals surface area (Å²) in [6.45, 7) is 8.57. The van der Waals surface area contributed by atoms with Gasteiger partial charge in [-0.25, -0.2) is 14.3 Å². The molecule has 1 heterocycles. The molecule has 0 aliphatic heterocycles. The highest BCUT2D eigenvalue weighted by molar-refractivity contribution is 5.97. The largest absolute Gasteiger partial charge is 0.477 e. The predicted molar refractivity (Wildman–Crippen MR) is 65.4 cm³/mol. The van der Waals surface area contributed by atoms with E-state index in [1.807, 2.05) is 0 Å². The van der Waals surface area contributed by atoms with Crippen LogP contribution in [0.3, 0.4) is 0 Å². The molecule has 2 N–H and O–H groups in total. The summed E-state index contributed by atoms with van der Waals surface area (Å²) in [7, 11) is 0. The quantitative estimate of drug-likeness (QED) is 0.859. The molecule has 1 rings (SSSR count). The van der Waals surface area contributed by atoms with Crippen LogP contribution >= 0.6 is 0 Å². The highest BCUT2D eigenvalue weighted by Crippen LogP contribution is 2.17. The first-order chi connectivity index (χ1) is 8.24. The lowest BCUT2D eigenvalue weighted by Crippen LogP contribution is -2.28. The number of anilines is 1. The first-order valence-corrected chi connectivity index (χ1v) is 5.18. The fourth-order valence-corrected chi connectivity index (χ4v) is 1.18. The average molecular weight is 253 g/mol. The summed E-state index contributed by atoms with van der Waals surface area (Å²) in [5, 5.41) is 15.0. The zero-order chi connectivity index (χ0) is 13.9. The fourth-order valence-electron chi connectivity index (χ4n) is 1.18. The molecule has 0 aromatic carbocycles. The van der Waals surface area contributed by atoms with Gasteiger partial charge in [-0.1, -0.05) is 6.58 Å². The van der Waals surface area contributed by atoms with Crippen molar-refractivity contribution in [3.63, 3.8) is 0 Å². The molecular formula is C11H15N3O4. The van der Waals surface area contributed by atoms with Gasteiger partial charge in [0.2, 0.25) is 0 Å². The molecule has 7 nitrogen and oxygen atoms in total. The third kappa shape index (κ3) is 3.34. The topological polar surface area (TPSA) is 93.5 Å². The Morgan fingerprint density at radius 2 is 2.17 bits per heavy atom. The lowest BCUT2D eigenvalue weighted by atomic mass is 10.2. The van der Waals surface area contributed by atoms with Crippen molar-refractivity contribution in [1.82, 2.24) is 9.78 Å². The highest BCUT2D eigenvalue weighted by atomic mass is 16.6. The number of carboxylic acids is 1. The summed E-state index contributed by atoms with van der Waals surface area (Å²) in [5.74, 6) is -1.19. The second-order valence-electron chi connectivity index (χ2n) is 4.47. The Balaban J connectivity index is 2.95. The van der Waals surface area contributed by atoms with Crippen molar-refractivity contribution in [3.8, 4) is 0 Å². The van der Waals surface area contributed by atoms with E-state index in [1.54, 1.807) is 20.8 Å². The molecule has 0 bridgehead atoms. The van der Waals surface area contributed by atoms with Crippen molar-refractivity contribution >= 4 is 24.1 Å². The van der Waals surface area contributed by atoms with Crippen LogP contribution in [0.2, 0.25) is 0 Å². The van der Waals surface area contributed by atoms with E-state index < -0.39 is 17.7 Å². The van der Waals surface area contributed by atoms with Gasteiger partial charge in [-0.05, 0) is 20.8 Å². The SMILES string of the molecule is C=Cn1ncc(C(=O)O)c1NC(=O)OC(C)(C)C. The van der Waals surface area contributed by atoms with Gasteiger partial charge in [0.15, 0.2) is 5.82 Å². The van der Waals surface area contributed by atoms with Gasteiger partial charge in [-0.2, -0.15) is 5.10 Å². The molecule has 0 aliphatic carbocycles. The number of carboxylic acid groups (broad SMARTS) is 1. The van der Waals surface area contributed by atoms with E-state index in [1.165, 1.54) is 6.20 Å². The molecule has 0 aliphatic rings. The van der Waals surface area contributed by atoms with E-state index >= 15 is 0 Å². The number of nitrogens with zero attached hydrogens (tertiary/aromatic N) is 2. The molecule has 18 heavy (non-hydrogen) atoms. The molecule has 0 spiro atoms. The molecule has 0 unspecified atom stereocenters. The monoisotopic (exact) mass is 253 g/mol.